The summed E-state index contributed by atoms with van der Waals surface area (Å²) in [6.45, 7) is 3.03. The first-order valence-corrected chi connectivity index (χ1v) is 6.37. The molecule has 1 aliphatic rings. The van der Waals surface area contributed by atoms with E-state index in [-0.39, 0.29) is 5.78 Å². The monoisotopic (exact) mass is 240 g/mol. The highest BCUT2D eigenvalue weighted by atomic mass is 16.1. The number of pyridine rings is 1. The molecule has 0 atom stereocenters. The van der Waals surface area contributed by atoms with Crippen molar-refractivity contribution in [2.75, 3.05) is 18.0 Å². The van der Waals surface area contributed by atoms with Crippen LogP contribution in [0.4, 0.5) is 5.82 Å². The molecule has 3 rings (SSSR count). The normalized spacial score (nSPS) is 14.6. The molecule has 0 unspecified atom stereocenters. The van der Waals surface area contributed by atoms with Gasteiger partial charge in [-0.05, 0) is 37.5 Å². The number of fused-ring (bicyclic) bond motifs is 2. The fourth-order valence-electron chi connectivity index (χ4n) is 2.60. The summed E-state index contributed by atoms with van der Waals surface area (Å²) >= 11 is 0. The molecule has 0 aliphatic carbocycles. The van der Waals surface area contributed by atoms with Crippen LogP contribution in [-0.4, -0.2) is 23.9 Å². The van der Waals surface area contributed by atoms with Gasteiger partial charge in [0.15, 0.2) is 0 Å². The molecule has 2 heterocycles. The van der Waals surface area contributed by atoms with E-state index in [9.17, 15) is 4.79 Å². The number of carbonyl (C=O) groups is 1. The molecule has 0 saturated heterocycles. The number of para-hydroxylation sites is 1. The molecular weight excluding hydrogens is 224 g/mol. The lowest BCUT2D eigenvalue weighted by Gasteiger charge is -2.29. The van der Waals surface area contributed by atoms with Crippen LogP contribution in [0.25, 0.3) is 10.9 Å². The second-order valence-corrected chi connectivity index (χ2v) is 4.89. The summed E-state index contributed by atoms with van der Waals surface area (Å²) in [7, 11) is 0. The standard InChI is InChI=1S/C15H16N2O/c1-11(18)10-17-8-4-6-13-9-12-5-2-3-7-14(12)16-15(13)17/h2-3,5,7,9H,4,6,8,10H2,1H3. The number of nitrogens with zero attached hydrogens (tertiary/aromatic N) is 2. The predicted octanol–water partition coefficient (Wildman–Crippen LogP) is 2.58. The first kappa shape index (κ1) is 11.2. The Morgan fingerprint density at radius 1 is 1.39 bits per heavy atom. The quantitative estimate of drug-likeness (QED) is 0.809. The zero-order valence-electron chi connectivity index (χ0n) is 10.5. The van der Waals surface area contributed by atoms with Crippen LogP contribution in [-0.2, 0) is 11.2 Å². The number of carbonyl (C=O) groups excluding carboxylic acids is 1. The smallest absolute Gasteiger partial charge is 0.149 e. The summed E-state index contributed by atoms with van der Waals surface area (Å²) in [5, 5.41) is 1.18. The zero-order valence-corrected chi connectivity index (χ0v) is 10.5. The SMILES string of the molecule is CC(=O)CN1CCCc2cc3ccccc3nc21. The topological polar surface area (TPSA) is 33.2 Å². The minimum atomic E-state index is 0.192. The average molecular weight is 240 g/mol. The van der Waals surface area contributed by atoms with Crippen LogP contribution in [0.3, 0.4) is 0 Å². The van der Waals surface area contributed by atoms with Crippen molar-refractivity contribution in [1.82, 2.24) is 4.98 Å². The van der Waals surface area contributed by atoms with Gasteiger partial charge in [-0.2, -0.15) is 0 Å². The molecule has 3 nitrogen and oxygen atoms in total. The van der Waals surface area contributed by atoms with E-state index in [1.54, 1.807) is 6.92 Å². The van der Waals surface area contributed by atoms with E-state index >= 15 is 0 Å². The van der Waals surface area contributed by atoms with Crippen LogP contribution in [0.2, 0.25) is 0 Å². The Morgan fingerprint density at radius 2 is 2.22 bits per heavy atom. The van der Waals surface area contributed by atoms with Crippen LogP contribution < -0.4 is 4.90 Å². The number of rotatable bonds is 2. The lowest BCUT2D eigenvalue weighted by Crippen LogP contribution is -2.34. The molecule has 0 amide bonds. The summed E-state index contributed by atoms with van der Waals surface area (Å²) in [6, 6.07) is 10.4. The van der Waals surface area contributed by atoms with E-state index in [1.807, 2.05) is 18.2 Å². The van der Waals surface area contributed by atoms with Crippen molar-refractivity contribution in [3.05, 3.63) is 35.9 Å². The van der Waals surface area contributed by atoms with Gasteiger partial charge in [-0.3, -0.25) is 4.79 Å². The molecule has 1 aromatic heterocycles. The molecule has 1 aliphatic heterocycles. The summed E-state index contributed by atoms with van der Waals surface area (Å²) in [6.07, 6.45) is 2.15. The first-order chi connectivity index (χ1) is 8.74. The van der Waals surface area contributed by atoms with E-state index in [1.165, 1.54) is 10.9 Å². The molecule has 2 aromatic rings. The summed E-state index contributed by atoms with van der Waals surface area (Å²) in [5.74, 6) is 1.19. The Bertz CT molecular complexity index is 606. The van der Waals surface area contributed by atoms with Crippen molar-refractivity contribution >= 4 is 22.5 Å². The molecule has 0 bridgehead atoms. The highest BCUT2D eigenvalue weighted by Crippen LogP contribution is 2.28. The Labute approximate surface area is 106 Å². The van der Waals surface area contributed by atoms with Crippen LogP contribution in [0.15, 0.2) is 30.3 Å². The summed E-state index contributed by atoms with van der Waals surface area (Å²) in [4.78, 5) is 18.1. The Morgan fingerprint density at radius 3 is 3.06 bits per heavy atom. The van der Waals surface area contributed by atoms with Gasteiger partial charge >= 0.3 is 0 Å². The van der Waals surface area contributed by atoms with Crippen molar-refractivity contribution < 1.29 is 4.79 Å². The third kappa shape index (κ3) is 1.96. The van der Waals surface area contributed by atoms with E-state index in [0.717, 1.165) is 30.7 Å². The average Bonchev–Trinajstić information content (AvgIpc) is 2.36. The van der Waals surface area contributed by atoms with Gasteiger partial charge < -0.3 is 4.90 Å². The molecule has 92 valence electrons. The number of benzene rings is 1. The molecule has 1 aromatic carbocycles. The van der Waals surface area contributed by atoms with Gasteiger partial charge in [0.05, 0.1) is 12.1 Å². The molecule has 0 saturated carbocycles. The van der Waals surface area contributed by atoms with Crippen molar-refractivity contribution in [3.63, 3.8) is 0 Å². The van der Waals surface area contributed by atoms with Gasteiger partial charge in [0.1, 0.15) is 11.6 Å². The maximum absolute atomic E-state index is 11.3. The number of ketones is 1. The molecule has 0 fully saturated rings. The third-order valence-corrected chi connectivity index (χ3v) is 3.37. The summed E-state index contributed by atoms with van der Waals surface area (Å²) in [5.41, 5.74) is 2.27. The fraction of sp³-hybridized carbons (Fsp3) is 0.333. The van der Waals surface area contributed by atoms with Gasteiger partial charge in [-0.1, -0.05) is 18.2 Å². The molecule has 3 heteroatoms. The Balaban J connectivity index is 2.10. The maximum atomic E-state index is 11.3. The number of aromatic nitrogens is 1. The van der Waals surface area contributed by atoms with Crippen molar-refractivity contribution in [1.29, 1.82) is 0 Å². The molecule has 0 radical (unpaired) electrons. The maximum Gasteiger partial charge on any atom is 0.149 e. The summed E-state index contributed by atoms with van der Waals surface area (Å²) < 4.78 is 0. The van der Waals surface area contributed by atoms with Crippen LogP contribution in [0.1, 0.15) is 18.9 Å². The number of aryl methyl sites for hydroxylation is 1. The van der Waals surface area contributed by atoms with Gasteiger partial charge in [0.25, 0.3) is 0 Å². The first-order valence-electron chi connectivity index (χ1n) is 6.37. The van der Waals surface area contributed by atoms with Crippen LogP contribution in [0.5, 0.6) is 0 Å². The minimum absolute atomic E-state index is 0.192. The van der Waals surface area contributed by atoms with E-state index in [4.69, 9.17) is 4.98 Å². The predicted molar refractivity (Wildman–Crippen MR) is 73.0 cm³/mol. The third-order valence-electron chi connectivity index (χ3n) is 3.37. The second-order valence-electron chi connectivity index (χ2n) is 4.89. The number of hydrogen-bond acceptors (Lipinski definition) is 3. The van der Waals surface area contributed by atoms with Gasteiger partial charge in [-0.25, -0.2) is 4.98 Å². The molecule has 0 N–H and O–H groups in total. The van der Waals surface area contributed by atoms with Crippen molar-refractivity contribution in [2.45, 2.75) is 19.8 Å². The van der Waals surface area contributed by atoms with Gasteiger partial charge in [-0.15, -0.1) is 0 Å². The van der Waals surface area contributed by atoms with Crippen LogP contribution in [0, 0.1) is 0 Å². The fourth-order valence-corrected chi connectivity index (χ4v) is 2.60. The molecule has 0 spiro atoms. The van der Waals surface area contributed by atoms with E-state index in [2.05, 4.69) is 17.0 Å². The van der Waals surface area contributed by atoms with E-state index < -0.39 is 0 Å². The Hall–Kier alpha value is -1.90. The Kier molecular flexibility index (Phi) is 2.74. The van der Waals surface area contributed by atoms with E-state index in [0.29, 0.717) is 6.54 Å². The zero-order chi connectivity index (χ0) is 12.5. The van der Waals surface area contributed by atoms with Gasteiger partial charge in [0, 0.05) is 11.9 Å². The minimum Gasteiger partial charge on any atom is -0.349 e. The highest BCUT2D eigenvalue weighted by Gasteiger charge is 2.19. The number of Topliss-reactive ketones (excluding diaryl/α,β-unsaturated/α-hetero) is 1. The number of hydrogen-bond donors (Lipinski definition) is 0. The van der Waals surface area contributed by atoms with Gasteiger partial charge in [0.2, 0.25) is 0 Å². The lowest BCUT2D eigenvalue weighted by molar-refractivity contribution is -0.115. The highest BCUT2D eigenvalue weighted by molar-refractivity contribution is 5.84. The second kappa shape index (κ2) is 4.41. The largest absolute Gasteiger partial charge is 0.349 e. The van der Waals surface area contributed by atoms with Crippen molar-refractivity contribution in [2.24, 2.45) is 0 Å². The molecule has 18 heavy (non-hydrogen) atoms. The number of anilines is 1. The lowest BCUT2D eigenvalue weighted by atomic mass is 10.0. The van der Waals surface area contributed by atoms with Crippen molar-refractivity contribution in [3.8, 4) is 0 Å². The molecular formula is C15H16N2O. The van der Waals surface area contributed by atoms with Crippen LogP contribution >= 0.6 is 0 Å².